The van der Waals surface area contributed by atoms with Crippen molar-refractivity contribution in [3.05, 3.63) is 69.9 Å². The molecule has 0 spiro atoms. The Morgan fingerprint density at radius 1 is 1.21 bits per heavy atom. The molecule has 0 aliphatic rings. The van der Waals surface area contributed by atoms with Crippen LogP contribution in [0.3, 0.4) is 0 Å². The van der Waals surface area contributed by atoms with Crippen molar-refractivity contribution in [3.8, 4) is 0 Å². The Morgan fingerprint density at radius 3 is 2.86 bits per heavy atom. The highest BCUT2D eigenvalue weighted by Crippen LogP contribution is 2.31. The largest absolute Gasteiger partial charge is 0.451 e. The zero-order chi connectivity index (χ0) is 19.7. The first-order chi connectivity index (χ1) is 13.5. The molecule has 0 aliphatic heterocycles. The molecule has 2 heterocycles. The van der Waals surface area contributed by atoms with Crippen LogP contribution in [-0.4, -0.2) is 16.1 Å². The third-order valence-electron chi connectivity index (χ3n) is 4.23. The molecule has 0 fully saturated rings. The van der Waals surface area contributed by atoms with Gasteiger partial charge in [0, 0.05) is 21.7 Å². The van der Waals surface area contributed by atoms with E-state index < -0.39 is 0 Å². The highest BCUT2D eigenvalue weighted by atomic mass is 35.5. The number of aryl methyl sites for hydroxylation is 2. The highest BCUT2D eigenvalue weighted by molar-refractivity contribution is 8.00. The molecule has 28 heavy (non-hydrogen) atoms. The fourth-order valence-corrected chi connectivity index (χ4v) is 4.81. The Morgan fingerprint density at radius 2 is 2.04 bits per heavy atom. The molecule has 8 heteroatoms. The number of halogens is 1. The molecule has 0 atom stereocenters. The first-order valence-electron chi connectivity index (χ1n) is 8.52. The zero-order valence-electron chi connectivity index (χ0n) is 15.2. The number of hydrogen-bond donors (Lipinski definition) is 1. The van der Waals surface area contributed by atoms with Crippen LogP contribution < -0.4 is 5.32 Å². The number of nitrogens with zero attached hydrogens (tertiary/aromatic N) is 2. The predicted molar refractivity (Wildman–Crippen MR) is 115 cm³/mol. The minimum absolute atomic E-state index is 0.293. The predicted octanol–water partition coefficient (Wildman–Crippen LogP) is 6.10. The smallest absolute Gasteiger partial charge is 0.293 e. The maximum absolute atomic E-state index is 12.6. The van der Waals surface area contributed by atoms with Gasteiger partial charge in [0.1, 0.15) is 5.58 Å². The summed E-state index contributed by atoms with van der Waals surface area (Å²) < 4.78 is 6.49. The van der Waals surface area contributed by atoms with Gasteiger partial charge in [0.15, 0.2) is 10.1 Å². The Hall–Kier alpha value is -2.35. The van der Waals surface area contributed by atoms with E-state index in [2.05, 4.69) is 15.5 Å². The van der Waals surface area contributed by atoms with E-state index in [1.807, 2.05) is 56.3 Å². The van der Waals surface area contributed by atoms with E-state index in [0.29, 0.717) is 22.2 Å². The monoisotopic (exact) mass is 429 g/mol. The van der Waals surface area contributed by atoms with Gasteiger partial charge in [-0.1, -0.05) is 64.5 Å². The van der Waals surface area contributed by atoms with E-state index in [1.54, 1.807) is 0 Å². The van der Waals surface area contributed by atoms with E-state index in [0.717, 1.165) is 31.4 Å². The normalized spacial score (nSPS) is 11.1. The van der Waals surface area contributed by atoms with Gasteiger partial charge in [-0.3, -0.25) is 10.1 Å². The molecule has 2 aromatic carbocycles. The first kappa shape index (κ1) is 19.0. The van der Waals surface area contributed by atoms with Crippen LogP contribution in [0.15, 0.2) is 51.2 Å². The van der Waals surface area contributed by atoms with Crippen molar-refractivity contribution in [1.29, 1.82) is 0 Å². The molecule has 4 aromatic rings. The van der Waals surface area contributed by atoms with E-state index in [-0.39, 0.29) is 5.91 Å². The Balaban J connectivity index is 1.46. The Kier molecular flexibility index (Phi) is 5.39. The van der Waals surface area contributed by atoms with E-state index in [4.69, 9.17) is 16.0 Å². The number of fused-ring (bicyclic) bond motifs is 1. The molecule has 0 saturated heterocycles. The number of anilines is 1. The van der Waals surface area contributed by atoms with Gasteiger partial charge in [-0.05, 0) is 37.6 Å². The van der Waals surface area contributed by atoms with Crippen LogP contribution in [0.1, 0.15) is 27.2 Å². The lowest BCUT2D eigenvalue weighted by atomic mass is 10.1. The van der Waals surface area contributed by atoms with Crippen LogP contribution in [0.25, 0.3) is 11.0 Å². The topological polar surface area (TPSA) is 68.0 Å². The van der Waals surface area contributed by atoms with Crippen molar-refractivity contribution in [1.82, 2.24) is 10.2 Å². The van der Waals surface area contributed by atoms with Crippen LogP contribution in [0.2, 0.25) is 5.02 Å². The van der Waals surface area contributed by atoms with Gasteiger partial charge in [-0.2, -0.15) is 0 Å². The average molecular weight is 430 g/mol. The molecule has 5 nitrogen and oxygen atoms in total. The maximum Gasteiger partial charge on any atom is 0.293 e. The first-order valence-corrected chi connectivity index (χ1v) is 10.7. The second-order valence-corrected chi connectivity index (χ2v) is 8.87. The molecule has 2 aromatic heterocycles. The van der Waals surface area contributed by atoms with E-state index in [9.17, 15) is 4.79 Å². The molecule has 0 unspecified atom stereocenters. The van der Waals surface area contributed by atoms with Crippen molar-refractivity contribution < 1.29 is 9.21 Å². The summed E-state index contributed by atoms with van der Waals surface area (Å²) in [7, 11) is 0. The molecule has 0 saturated carbocycles. The third-order valence-corrected chi connectivity index (χ3v) is 6.62. The molecule has 1 N–H and O–H groups in total. The number of rotatable bonds is 5. The van der Waals surface area contributed by atoms with E-state index >= 15 is 0 Å². The van der Waals surface area contributed by atoms with Gasteiger partial charge in [0.25, 0.3) is 5.91 Å². The van der Waals surface area contributed by atoms with Gasteiger partial charge in [-0.15, -0.1) is 10.2 Å². The molecular weight excluding hydrogens is 414 g/mol. The number of benzene rings is 2. The lowest BCUT2D eigenvalue weighted by molar-refractivity contribution is 0.0998. The summed E-state index contributed by atoms with van der Waals surface area (Å²) in [5.41, 5.74) is 3.66. The summed E-state index contributed by atoms with van der Waals surface area (Å²) >= 11 is 9.02. The molecule has 1 amide bonds. The van der Waals surface area contributed by atoms with Gasteiger partial charge in [0.2, 0.25) is 5.13 Å². The van der Waals surface area contributed by atoms with Crippen molar-refractivity contribution in [2.24, 2.45) is 0 Å². The van der Waals surface area contributed by atoms with Crippen LogP contribution >= 0.6 is 34.7 Å². The molecule has 0 aliphatic carbocycles. The van der Waals surface area contributed by atoms with Gasteiger partial charge >= 0.3 is 0 Å². The fraction of sp³-hybridized carbons (Fsp3) is 0.150. The highest BCUT2D eigenvalue weighted by Gasteiger charge is 2.19. The maximum atomic E-state index is 12.6. The summed E-state index contributed by atoms with van der Waals surface area (Å²) in [5, 5.41) is 13.1. The SMILES string of the molecule is Cc1ccc2oc(C(=O)Nc3nnc(SCc4ccccc4Cl)s3)c(C)c2c1. The number of thioether (sulfide) groups is 1. The van der Waals surface area contributed by atoms with Gasteiger partial charge in [0.05, 0.1) is 0 Å². The lowest BCUT2D eigenvalue weighted by Gasteiger charge is -2.00. The zero-order valence-corrected chi connectivity index (χ0v) is 17.5. The Bertz CT molecular complexity index is 1170. The molecule has 0 bridgehead atoms. The lowest BCUT2D eigenvalue weighted by Crippen LogP contribution is -2.11. The van der Waals surface area contributed by atoms with Crippen LogP contribution in [0.5, 0.6) is 0 Å². The average Bonchev–Trinajstić information content (AvgIpc) is 3.25. The fourth-order valence-electron chi connectivity index (χ4n) is 2.78. The molecular formula is C20H16ClN3O2S2. The summed E-state index contributed by atoms with van der Waals surface area (Å²) in [6.45, 7) is 3.89. The number of nitrogens with one attached hydrogen (secondary N) is 1. The second kappa shape index (κ2) is 7.95. The van der Waals surface area contributed by atoms with Crippen LogP contribution in [0, 0.1) is 13.8 Å². The quantitative estimate of drug-likeness (QED) is 0.306. The minimum atomic E-state index is -0.329. The van der Waals surface area contributed by atoms with Crippen molar-refractivity contribution in [2.75, 3.05) is 5.32 Å². The van der Waals surface area contributed by atoms with Crippen molar-refractivity contribution in [2.45, 2.75) is 23.9 Å². The van der Waals surface area contributed by atoms with Crippen LogP contribution in [-0.2, 0) is 5.75 Å². The number of carbonyl (C=O) groups is 1. The number of carbonyl (C=O) groups excluding carboxylic acids is 1. The molecule has 0 radical (unpaired) electrons. The summed E-state index contributed by atoms with van der Waals surface area (Å²) in [5.74, 6) is 0.649. The second-order valence-electron chi connectivity index (χ2n) is 6.26. The van der Waals surface area contributed by atoms with Gasteiger partial charge < -0.3 is 4.42 Å². The standard InChI is InChI=1S/C20H16ClN3O2S2/c1-11-7-8-16-14(9-11)12(2)17(26-16)18(25)22-19-23-24-20(28-19)27-10-13-5-3-4-6-15(13)21/h3-9H,10H2,1-2H3,(H,22,23,25). The summed E-state index contributed by atoms with van der Waals surface area (Å²) in [4.78, 5) is 12.6. The van der Waals surface area contributed by atoms with Crippen molar-refractivity contribution >= 4 is 56.7 Å². The number of amides is 1. The number of furan rings is 1. The summed E-state index contributed by atoms with van der Waals surface area (Å²) in [6, 6.07) is 13.5. The Labute approximate surface area is 175 Å². The molecule has 4 rings (SSSR count). The van der Waals surface area contributed by atoms with Gasteiger partial charge in [-0.25, -0.2) is 0 Å². The number of hydrogen-bond acceptors (Lipinski definition) is 6. The molecule has 142 valence electrons. The number of aromatic nitrogens is 2. The minimum Gasteiger partial charge on any atom is -0.451 e. The van der Waals surface area contributed by atoms with E-state index in [1.165, 1.54) is 23.1 Å². The van der Waals surface area contributed by atoms with Crippen LogP contribution in [0.4, 0.5) is 5.13 Å². The summed E-state index contributed by atoms with van der Waals surface area (Å²) in [6.07, 6.45) is 0. The third kappa shape index (κ3) is 3.92. The van der Waals surface area contributed by atoms with Crippen molar-refractivity contribution in [3.63, 3.8) is 0 Å².